The van der Waals surface area contributed by atoms with E-state index in [1.807, 2.05) is 18.2 Å². The summed E-state index contributed by atoms with van der Waals surface area (Å²) in [6, 6.07) is 66.7. The van der Waals surface area contributed by atoms with E-state index >= 15 is 0 Å². The molecule has 0 amide bonds. The Morgan fingerprint density at radius 2 is 0.754 bits per heavy atom. The van der Waals surface area contributed by atoms with E-state index in [9.17, 15) is 0 Å². The van der Waals surface area contributed by atoms with Gasteiger partial charge in [-0.15, -0.1) is 11.3 Å². The summed E-state index contributed by atoms with van der Waals surface area (Å²) >= 11 is 1.80. The van der Waals surface area contributed by atoms with Gasteiger partial charge in [-0.25, -0.2) is 15.0 Å². The summed E-state index contributed by atoms with van der Waals surface area (Å²) in [5, 5.41) is 7.41. The SMILES string of the molecule is c1ccc(-c2nc(-c3ccc(-n4c5ccccc5c5ccc6c7ccccc7n(-c7ccccc7)c6c54)cc3)nc(-c3ccc4c(c3)sc3ccccc34)n2)cc1. The van der Waals surface area contributed by atoms with Gasteiger partial charge in [0.1, 0.15) is 0 Å². The summed E-state index contributed by atoms with van der Waals surface area (Å²) in [4.78, 5) is 15.2. The van der Waals surface area contributed by atoms with E-state index in [2.05, 4.69) is 179 Å². The van der Waals surface area contributed by atoms with Crippen molar-refractivity contribution in [3.63, 3.8) is 0 Å². The second-order valence-electron chi connectivity index (χ2n) is 14.4. The highest BCUT2D eigenvalue weighted by Crippen LogP contribution is 2.42. The van der Waals surface area contributed by atoms with Crippen molar-refractivity contribution in [3.8, 4) is 45.5 Å². The predicted molar refractivity (Wildman–Crippen MR) is 238 cm³/mol. The standard InChI is InChI=1S/C51H31N5S/c1-3-13-32(14-4-1)49-52-50(54-51(53-49)34-25-28-40-39-19-9-12-22-45(39)57-46(40)31-34)33-23-26-36(27-24-33)56-44-21-11-8-18-38(44)42-30-29-41-37-17-7-10-20-43(37)55(47(41)48(42)56)35-15-5-2-6-16-35/h1-31H. The summed E-state index contributed by atoms with van der Waals surface area (Å²) < 4.78 is 7.33. The third-order valence-electron chi connectivity index (χ3n) is 11.2. The fourth-order valence-corrected chi connectivity index (χ4v) is 9.73. The maximum absolute atomic E-state index is 5.14. The zero-order chi connectivity index (χ0) is 37.5. The van der Waals surface area contributed by atoms with E-state index in [4.69, 9.17) is 15.0 Å². The molecule has 0 aliphatic rings. The second kappa shape index (κ2) is 12.6. The molecule has 266 valence electrons. The first-order chi connectivity index (χ1) is 28.3. The molecule has 57 heavy (non-hydrogen) atoms. The van der Waals surface area contributed by atoms with Crippen LogP contribution >= 0.6 is 11.3 Å². The third-order valence-corrected chi connectivity index (χ3v) is 12.3. The van der Waals surface area contributed by atoms with Crippen molar-refractivity contribution in [2.24, 2.45) is 0 Å². The van der Waals surface area contributed by atoms with Gasteiger partial charge in [-0.1, -0.05) is 127 Å². The van der Waals surface area contributed by atoms with Crippen molar-refractivity contribution < 1.29 is 0 Å². The van der Waals surface area contributed by atoms with Crippen LogP contribution in [0.1, 0.15) is 0 Å². The number of aromatic nitrogens is 5. The largest absolute Gasteiger partial charge is 0.307 e. The Hall–Kier alpha value is -7.41. The Morgan fingerprint density at radius 3 is 1.39 bits per heavy atom. The predicted octanol–water partition coefficient (Wildman–Crippen LogP) is 13.4. The minimum atomic E-state index is 0.635. The van der Waals surface area contributed by atoms with Gasteiger partial charge in [0.25, 0.3) is 0 Å². The molecule has 0 spiro atoms. The molecule has 0 bridgehead atoms. The molecule has 0 aliphatic carbocycles. The minimum absolute atomic E-state index is 0.635. The lowest BCUT2D eigenvalue weighted by Gasteiger charge is -2.13. The number of benzene rings is 8. The lowest BCUT2D eigenvalue weighted by atomic mass is 10.1. The normalized spacial score (nSPS) is 11.9. The van der Waals surface area contributed by atoms with E-state index in [-0.39, 0.29) is 0 Å². The molecule has 12 rings (SSSR count). The van der Waals surface area contributed by atoms with Crippen LogP contribution < -0.4 is 0 Å². The van der Waals surface area contributed by atoms with Crippen molar-refractivity contribution in [1.29, 1.82) is 0 Å². The maximum atomic E-state index is 5.14. The van der Waals surface area contributed by atoms with Crippen molar-refractivity contribution >= 4 is 75.1 Å². The Balaban J connectivity index is 1.05. The zero-order valence-electron chi connectivity index (χ0n) is 30.5. The lowest BCUT2D eigenvalue weighted by molar-refractivity contribution is 1.07. The van der Waals surface area contributed by atoms with Gasteiger partial charge in [-0.2, -0.15) is 0 Å². The number of nitrogens with zero attached hydrogens (tertiary/aromatic N) is 5. The minimum Gasteiger partial charge on any atom is -0.307 e. The lowest BCUT2D eigenvalue weighted by Crippen LogP contribution is -2.01. The average Bonchev–Trinajstić information content (AvgIpc) is 3.94. The van der Waals surface area contributed by atoms with Gasteiger partial charge in [0.15, 0.2) is 17.5 Å². The monoisotopic (exact) mass is 745 g/mol. The van der Waals surface area contributed by atoms with Crippen LogP contribution in [0, 0.1) is 0 Å². The Bertz CT molecular complexity index is 3510. The number of para-hydroxylation sites is 3. The molecule has 0 radical (unpaired) electrons. The molecular formula is C51H31N5S. The Kier molecular flexibility index (Phi) is 7.03. The van der Waals surface area contributed by atoms with E-state index in [0.29, 0.717) is 17.5 Å². The van der Waals surface area contributed by atoms with E-state index < -0.39 is 0 Å². The van der Waals surface area contributed by atoms with Gasteiger partial charge in [0, 0.05) is 69.8 Å². The molecule has 5 nitrogen and oxygen atoms in total. The first kappa shape index (κ1) is 31.9. The number of hydrogen-bond donors (Lipinski definition) is 0. The van der Waals surface area contributed by atoms with Crippen LogP contribution in [0.15, 0.2) is 188 Å². The molecule has 0 saturated carbocycles. The molecule has 4 heterocycles. The van der Waals surface area contributed by atoms with Gasteiger partial charge in [0.2, 0.25) is 0 Å². The molecule has 0 unspecified atom stereocenters. The highest BCUT2D eigenvalue weighted by atomic mass is 32.1. The van der Waals surface area contributed by atoms with Gasteiger partial charge < -0.3 is 9.13 Å². The fourth-order valence-electron chi connectivity index (χ4n) is 8.59. The maximum Gasteiger partial charge on any atom is 0.164 e. The van der Waals surface area contributed by atoms with Gasteiger partial charge in [0.05, 0.1) is 22.1 Å². The molecule has 0 atom stereocenters. The van der Waals surface area contributed by atoms with Crippen molar-refractivity contribution in [3.05, 3.63) is 188 Å². The number of thiophene rings is 1. The van der Waals surface area contributed by atoms with Crippen LogP contribution in [0.25, 0.3) is 109 Å². The molecule has 0 fully saturated rings. The summed E-state index contributed by atoms with van der Waals surface area (Å²) in [6.45, 7) is 0. The summed E-state index contributed by atoms with van der Waals surface area (Å²) in [5.74, 6) is 1.94. The molecule has 0 aliphatic heterocycles. The highest BCUT2D eigenvalue weighted by molar-refractivity contribution is 7.25. The summed E-state index contributed by atoms with van der Waals surface area (Å²) in [5.41, 5.74) is 9.74. The topological polar surface area (TPSA) is 48.5 Å². The zero-order valence-corrected chi connectivity index (χ0v) is 31.4. The number of hydrogen-bond acceptors (Lipinski definition) is 4. The first-order valence-electron chi connectivity index (χ1n) is 19.1. The summed E-state index contributed by atoms with van der Waals surface area (Å²) in [7, 11) is 0. The fraction of sp³-hybridized carbons (Fsp3) is 0. The molecule has 4 aromatic heterocycles. The first-order valence-corrected chi connectivity index (χ1v) is 19.9. The molecule has 12 aromatic rings. The molecule has 0 saturated heterocycles. The van der Waals surface area contributed by atoms with Crippen LogP contribution in [-0.2, 0) is 0 Å². The number of rotatable bonds is 5. The molecule has 0 N–H and O–H groups in total. The van der Waals surface area contributed by atoms with Crippen molar-refractivity contribution in [2.75, 3.05) is 0 Å². The second-order valence-corrected chi connectivity index (χ2v) is 15.5. The quantitative estimate of drug-likeness (QED) is 0.176. The van der Waals surface area contributed by atoms with Crippen molar-refractivity contribution in [2.45, 2.75) is 0 Å². The summed E-state index contributed by atoms with van der Waals surface area (Å²) in [6.07, 6.45) is 0. The van der Waals surface area contributed by atoms with E-state index in [0.717, 1.165) is 33.6 Å². The van der Waals surface area contributed by atoms with Gasteiger partial charge >= 0.3 is 0 Å². The van der Waals surface area contributed by atoms with Crippen molar-refractivity contribution in [1.82, 2.24) is 24.1 Å². The molecule has 8 aromatic carbocycles. The van der Waals surface area contributed by atoms with Crippen LogP contribution in [0.2, 0.25) is 0 Å². The van der Waals surface area contributed by atoms with Crippen LogP contribution in [0.4, 0.5) is 0 Å². The van der Waals surface area contributed by atoms with E-state index in [1.54, 1.807) is 11.3 Å². The highest BCUT2D eigenvalue weighted by Gasteiger charge is 2.21. The van der Waals surface area contributed by atoms with Crippen LogP contribution in [0.5, 0.6) is 0 Å². The van der Waals surface area contributed by atoms with Crippen LogP contribution in [0.3, 0.4) is 0 Å². The van der Waals surface area contributed by atoms with Gasteiger partial charge in [-0.05, 0) is 60.7 Å². The van der Waals surface area contributed by atoms with E-state index in [1.165, 1.54) is 58.3 Å². The number of fused-ring (bicyclic) bond motifs is 10. The average molecular weight is 746 g/mol. The smallest absolute Gasteiger partial charge is 0.164 e. The Morgan fingerprint density at radius 1 is 0.316 bits per heavy atom. The van der Waals surface area contributed by atoms with Crippen LogP contribution in [-0.4, -0.2) is 24.1 Å². The van der Waals surface area contributed by atoms with Gasteiger partial charge in [-0.3, -0.25) is 0 Å². The molecule has 6 heteroatoms. The third kappa shape index (κ3) is 4.98. The molecular weight excluding hydrogens is 715 g/mol. The Labute approximate surface area is 331 Å².